The number of furan rings is 1. The number of carbonyl (C=O) groups is 1. The van der Waals surface area contributed by atoms with E-state index >= 15 is 0 Å². The molecule has 1 fully saturated rings. The third kappa shape index (κ3) is 3.32. The van der Waals surface area contributed by atoms with Crippen molar-refractivity contribution in [2.45, 2.75) is 18.9 Å². The standard InChI is InChI=1S/C19H19ClN2O2S/c20-17-13-6-1-2-8-16(13)25-18(17)19(23)21-12-14(15-7-5-11-24-15)22-9-3-4-10-22/h1-2,5-8,11,14H,3-4,9-10,12H2,(H,21,23)/t14-/m0/s1. The van der Waals surface area contributed by atoms with Crippen LogP contribution in [0.4, 0.5) is 0 Å². The molecule has 0 saturated carbocycles. The molecule has 1 aliphatic heterocycles. The van der Waals surface area contributed by atoms with Crippen LogP contribution in [0.15, 0.2) is 47.1 Å². The Hall–Kier alpha value is -1.82. The van der Waals surface area contributed by atoms with Crippen molar-refractivity contribution in [2.24, 2.45) is 0 Å². The number of carbonyl (C=O) groups excluding carboxylic acids is 1. The van der Waals surface area contributed by atoms with E-state index in [4.69, 9.17) is 16.0 Å². The number of nitrogens with one attached hydrogen (secondary N) is 1. The Bertz CT molecular complexity index is 869. The van der Waals surface area contributed by atoms with Gasteiger partial charge >= 0.3 is 0 Å². The minimum Gasteiger partial charge on any atom is -0.468 e. The Balaban J connectivity index is 1.52. The molecule has 1 atom stereocenters. The van der Waals surface area contributed by atoms with Crippen LogP contribution in [0.5, 0.6) is 0 Å². The molecule has 0 bridgehead atoms. The van der Waals surface area contributed by atoms with Gasteiger partial charge in [-0.3, -0.25) is 9.69 Å². The summed E-state index contributed by atoms with van der Waals surface area (Å²) in [5.41, 5.74) is 0. The van der Waals surface area contributed by atoms with Crippen LogP contribution in [0.2, 0.25) is 5.02 Å². The van der Waals surface area contributed by atoms with E-state index in [1.54, 1.807) is 6.26 Å². The number of halogens is 1. The van der Waals surface area contributed by atoms with Gasteiger partial charge in [0, 0.05) is 16.6 Å². The summed E-state index contributed by atoms with van der Waals surface area (Å²) < 4.78 is 6.63. The first-order valence-electron chi connectivity index (χ1n) is 8.47. The van der Waals surface area contributed by atoms with Crippen molar-refractivity contribution in [1.82, 2.24) is 10.2 Å². The highest BCUT2D eigenvalue weighted by Crippen LogP contribution is 2.35. The Kier molecular flexibility index (Phi) is 4.79. The van der Waals surface area contributed by atoms with Gasteiger partial charge in [-0.05, 0) is 44.1 Å². The van der Waals surface area contributed by atoms with Gasteiger partial charge in [0.1, 0.15) is 10.6 Å². The smallest absolute Gasteiger partial charge is 0.263 e. The summed E-state index contributed by atoms with van der Waals surface area (Å²) in [4.78, 5) is 15.6. The van der Waals surface area contributed by atoms with Crippen LogP contribution in [-0.2, 0) is 0 Å². The first-order chi connectivity index (χ1) is 12.2. The lowest BCUT2D eigenvalue weighted by molar-refractivity contribution is 0.0938. The third-order valence-corrected chi connectivity index (χ3v) is 6.32. The quantitative estimate of drug-likeness (QED) is 0.703. The number of likely N-dealkylation sites (tertiary alicyclic amines) is 1. The monoisotopic (exact) mass is 374 g/mol. The Morgan fingerprint density at radius 1 is 1.24 bits per heavy atom. The van der Waals surface area contributed by atoms with Crippen LogP contribution >= 0.6 is 22.9 Å². The molecule has 2 aromatic heterocycles. The van der Waals surface area contributed by atoms with E-state index < -0.39 is 0 Å². The molecule has 3 heterocycles. The van der Waals surface area contributed by atoms with Gasteiger partial charge in [0.25, 0.3) is 5.91 Å². The lowest BCUT2D eigenvalue weighted by Gasteiger charge is -2.25. The molecule has 1 aliphatic rings. The zero-order valence-electron chi connectivity index (χ0n) is 13.7. The number of hydrogen-bond acceptors (Lipinski definition) is 4. The van der Waals surface area contributed by atoms with Crippen molar-refractivity contribution in [2.75, 3.05) is 19.6 Å². The predicted octanol–water partition coefficient (Wildman–Crippen LogP) is 4.71. The van der Waals surface area contributed by atoms with E-state index in [2.05, 4.69) is 10.2 Å². The molecule has 0 unspecified atom stereocenters. The topological polar surface area (TPSA) is 45.5 Å². The molecule has 0 radical (unpaired) electrons. The van der Waals surface area contributed by atoms with Crippen molar-refractivity contribution in [3.05, 3.63) is 58.3 Å². The molecule has 1 saturated heterocycles. The van der Waals surface area contributed by atoms with Crippen LogP contribution in [0, 0.1) is 0 Å². The van der Waals surface area contributed by atoms with E-state index in [1.165, 1.54) is 24.2 Å². The summed E-state index contributed by atoms with van der Waals surface area (Å²) in [7, 11) is 0. The summed E-state index contributed by atoms with van der Waals surface area (Å²) >= 11 is 7.85. The Labute approximate surface area is 155 Å². The zero-order chi connectivity index (χ0) is 17.2. The molecule has 0 spiro atoms. The largest absolute Gasteiger partial charge is 0.468 e. The predicted molar refractivity (Wildman–Crippen MR) is 101 cm³/mol. The van der Waals surface area contributed by atoms with Gasteiger partial charge in [-0.25, -0.2) is 0 Å². The van der Waals surface area contributed by atoms with Crippen molar-refractivity contribution in [1.29, 1.82) is 0 Å². The van der Waals surface area contributed by atoms with Crippen molar-refractivity contribution in [3.63, 3.8) is 0 Å². The zero-order valence-corrected chi connectivity index (χ0v) is 15.3. The van der Waals surface area contributed by atoms with E-state index in [-0.39, 0.29) is 11.9 Å². The molecule has 130 valence electrons. The molecule has 0 aliphatic carbocycles. The lowest BCUT2D eigenvalue weighted by atomic mass is 10.2. The average molecular weight is 375 g/mol. The highest BCUT2D eigenvalue weighted by atomic mass is 35.5. The fourth-order valence-electron chi connectivity index (χ4n) is 3.37. The second kappa shape index (κ2) is 7.20. The van der Waals surface area contributed by atoms with Gasteiger partial charge in [0.2, 0.25) is 0 Å². The van der Waals surface area contributed by atoms with Gasteiger partial charge in [-0.15, -0.1) is 11.3 Å². The normalized spacial score (nSPS) is 16.4. The highest BCUT2D eigenvalue weighted by Gasteiger charge is 2.26. The molecule has 3 aromatic rings. The minimum absolute atomic E-state index is 0.0644. The summed E-state index contributed by atoms with van der Waals surface area (Å²) in [6.07, 6.45) is 4.06. The average Bonchev–Trinajstić information content (AvgIpc) is 3.37. The van der Waals surface area contributed by atoms with E-state index in [0.717, 1.165) is 28.9 Å². The summed E-state index contributed by atoms with van der Waals surface area (Å²) in [6, 6.07) is 11.7. The molecule has 25 heavy (non-hydrogen) atoms. The summed E-state index contributed by atoms with van der Waals surface area (Å²) in [5.74, 6) is 0.770. The fourth-order valence-corrected chi connectivity index (χ4v) is 4.81. The van der Waals surface area contributed by atoms with Crippen LogP contribution in [-0.4, -0.2) is 30.4 Å². The Morgan fingerprint density at radius 2 is 2.04 bits per heavy atom. The van der Waals surface area contributed by atoms with Crippen molar-refractivity contribution in [3.8, 4) is 0 Å². The van der Waals surface area contributed by atoms with E-state index in [1.807, 2.05) is 36.4 Å². The van der Waals surface area contributed by atoms with Gasteiger partial charge in [0.15, 0.2) is 0 Å². The summed E-state index contributed by atoms with van der Waals surface area (Å²) in [5, 5.41) is 4.52. The number of hydrogen-bond donors (Lipinski definition) is 1. The van der Waals surface area contributed by atoms with Gasteiger partial charge in [0.05, 0.1) is 17.3 Å². The maximum absolute atomic E-state index is 12.7. The van der Waals surface area contributed by atoms with Crippen LogP contribution in [0.25, 0.3) is 10.1 Å². The molecular formula is C19H19ClN2O2S. The molecule has 4 rings (SSSR count). The maximum Gasteiger partial charge on any atom is 0.263 e. The summed E-state index contributed by atoms with van der Waals surface area (Å²) in [6.45, 7) is 2.58. The number of rotatable bonds is 5. The number of nitrogens with zero attached hydrogens (tertiary/aromatic N) is 1. The molecular weight excluding hydrogens is 356 g/mol. The van der Waals surface area contributed by atoms with Crippen LogP contribution in [0.3, 0.4) is 0 Å². The highest BCUT2D eigenvalue weighted by molar-refractivity contribution is 7.21. The van der Waals surface area contributed by atoms with Gasteiger partial charge < -0.3 is 9.73 Å². The van der Waals surface area contributed by atoms with Crippen LogP contribution < -0.4 is 5.32 Å². The number of thiophene rings is 1. The maximum atomic E-state index is 12.7. The van der Waals surface area contributed by atoms with Crippen molar-refractivity contribution >= 4 is 38.9 Å². The second-order valence-electron chi connectivity index (χ2n) is 6.23. The number of amides is 1. The lowest BCUT2D eigenvalue weighted by Crippen LogP contribution is -2.36. The van der Waals surface area contributed by atoms with Crippen LogP contribution in [0.1, 0.15) is 34.3 Å². The second-order valence-corrected chi connectivity index (χ2v) is 7.66. The Morgan fingerprint density at radius 3 is 2.76 bits per heavy atom. The third-order valence-electron chi connectivity index (χ3n) is 4.65. The van der Waals surface area contributed by atoms with E-state index in [0.29, 0.717) is 16.4 Å². The fraction of sp³-hybridized carbons (Fsp3) is 0.316. The van der Waals surface area contributed by atoms with E-state index in [9.17, 15) is 4.79 Å². The molecule has 1 amide bonds. The van der Waals surface area contributed by atoms with Crippen molar-refractivity contribution < 1.29 is 9.21 Å². The number of fused-ring (bicyclic) bond motifs is 1. The molecule has 1 aromatic carbocycles. The first-order valence-corrected chi connectivity index (χ1v) is 9.66. The molecule has 4 nitrogen and oxygen atoms in total. The first kappa shape index (κ1) is 16.6. The van der Waals surface area contributed by atoms with Gasteiger partial charge in [-0.1, -0.05) is 29.8 Å². The molecule has 1 N–H and O–H groups in total. The number of benzene rings is 1. The SMILES string of the molecule is O=C(NC[C@@H](c1ccco1)N1CCCC1)c1sc2ccccc2c1Cl. The van der Waals surface area contributed by atoms with Gasteiger partial charge in [-0.2, -0.15) is 0 Å². The minimum atomic E-state index is -0.123. The molecule has 6 heteroatoms.